The van der Waals surface area contributed by atoms with Crippen LogP contribution in [0.2, 0.25) is 0 Å². The van der Waals surface area contributed by atoms with Gasteiger partial charge in [0.1, 0.15) is 5.75 Å². The highest BCUT2D eigenvalue weighted by atomic mass is 16.5. The molecule has 0 bridgehead atoms. The molecule has 0 amide bonds. The minimum atomic E-state index is -1.12. The van der Waals surface area contributed by atoms with Crippen LogP contribution in [0.5, 0.6) is 5.75 Å². The number of ether oxygens (including phenoxy) is 1. The largest absolute Gasteiger partial charge is 0.494 e. The Hall–Kier alpha value is -2.30. The molecule has 0 fully saturated rings. The molecule has 1 aromatic carbocycles. The van der Waals surface area contributed by atoms with Crippen LogP contribution >= 0.6 is 0 Å². The quantitative estimate of drug-likeness (QED) is 0.899. The van der Waals surface area contributed by atoms with Gasteiger partial charge < -0.3 is 14.3 Å². The number of aromatic nitrogens is 1. The third-order valence-electron chi connectivity index (χ3n) is 2.38. The summed E-state index contributed by atoms with van der Waals surface area (Å²) in [7, 11) is 0. The molecule has 0 saturated carbocycles. The van der Waals surface area contributed by atoms with Crippen molar-refractivity contribution in [2.45, 2.75) is 13.8 Å². The zero-order valence-corrected chi connectivity index (χ0v) is 10.1. The summed E-state index contributed by atoms with van der Waals surface area (Å²) < 4.78 is 10.6. The monoisotopic (exact) mass is 247 g/mol. The van der Waals surface area contributed by atoms with Crippen molar-refractivity contribution >= 4 is 5.97 Å². The first kappa shape index (κ1) is 12.2. The van der Waals surface area contributed by atoms with Crippen LogP contribution < -0.4 is 4.74 Å². The number of rotatable bonds is 4. The Kier molecular flexibility index (Phi) is 3.32. The SMILES string of the molecule is CCOc1cccc(-c2nc(C)c(C(=O)O)o2)c1. The molecule has 0 aliphatic carbocycles. The Bertz CT molecular complexity index is 574. The molecule has 2 rings (SSSR count). The van der Waals surface area contributed by atoms with Crippen LogP contribution in [0, 0.1) is 6.92 Å². The zero-order chi connectivity index (χ0) is 13.1. The molecule has 94 valence electrons. The Labute approximate surface area is 104 Å². The van der Waals surface area contributed by atoms with Crippen LogP contribution in [-0.2, 0) is 0 Å². The molecule has 0 saturated heterocycles. The van der Waals surface area contributed by atoms with Gasteiger partial charge in [-0.2, -0.15) is 0 Å². The molecule has 0 atom stereocenters. The van der Waals surface area contributed by atoms with E-state index in [1.165, 1.54) is 0 Å². The Morgan fingerprint density at radius 3 is 2.89 bits per heavy atom. The van der Waals surface area contributed by atoms with Crippen LogP contribution in [0.3, 0.4) is 0 Å². The van der Waals surface area contributed by atoms with Crippen molar-refractivity contribution < 1.29 is 19.1 Å². The van der Waals surface area contributed by atoms with Crippen molar-refractivity contribution in [3.8, 4) is 17.2 Å². The minimum Gasteiger partial charge on any atom is -0.494 e. The predicted octanol–water partition coefficient (Wildman–Crippen LogP) is 2.75. The number of nitrogens with zero attached hydrogens (tertiary/aromatic N) is 1. The van der Waals surface area contributed by atoms with Crippen molar-refractivity contribution in [2.24, 2.45) is 0 Å². The van der Waals surface area contributed by atoms with E-state index in [9.17, 15) is 4.79 Å². The van der Waals surface area contributed by atoms with Gasteiger partial charge in [0.25, 0.3) is 0 Å². The van der Waals surface area contributed by atoms with Gasteiger partial charge in [0.15, 0.2) is 0 Å². The van der Waals surface area contributed by atoms with E-state index in [0.717, 1.165) is 0 Å². The topological polar surface area (TPSA) is 72.6 Å². The van der Waals surface area contributed by atoms with E-state index < -0.39 is 5.97 Å². The lowest BCUT2D eigenvalue weighted by Crippen LogP contribution is -1.95. The van der Waals surface area contributed by atoms with Crippen LogP contribution in [0.4, 0.5) is 0 Å². The Morgan fingerprint density at radius 2 is 2.28 bits per heavy atom. The first-order valence-corrected chi connectivity index (χ1v) is 5.55. The average molecular weight is 247 g/mol. The van der Waals surface area contributed by atoms with E-state index in [0.29, 0.717) is 23.6 Å². The molecular weight excluding hydrogens is 234 g/mol. The van der Waals surface area contributed by atoms with E-state index in [1.807, 2.05) is 13.0 Å². The minimum absolute atomic E-state index is 0.133. The molecule has 5 nitrogen and oxygen atoms in total. The van der Waals surface area contributed by atoms with Gasteiger partial charge in [-0.05, 0) is 32.0 Å². The predicted molar refractivity (Wildman–Crippen MR) is 64.8 cm³/mol. The summed E-state index contributed by atoms with van der Waals surface area (Å²) >= 11 is 0. The highest BCUT2D eigenvalue weighted by Crippen LogP contribution is 2.25. The molecule has 0 radical (unpaired) electrons. The summed E-state index contributed by atoms with van der Waals surface area (Å²) in [5.41, 5.74) is 1.05. The molecule has 1 aromatic heterocycles. The van der Waals surface area contributed by atoms with E-state index in [4.69, 9.17) is 14.3 Å². The molecule has 1 heterocycles. The van der Waals surface area contributed by atoms with Gasteiger partial charge >= 0.3 is 5.97 Å². The molecule has 0 unspecified atom stereocenters. The van der Waals surface area contributed by atoms with E-state index in [-0.39, 0.29) is 11.7 Å². The average Bonchev–Trinajstić information content (AvgIpc) is 2.72. The Morgan fingerprint density at radius 1 is 1.50 bits per heavy atom. The lowest BCUT2D eigenvalue weighted by molar-refractivity contribution is 0.0662. The third kappa shape index (κ3) is 2.34. The number of hydrogen-bond acceptors (Lipinski definition) is 4. The highest BCUT2D eigenvalue weighted by molar-refractivity contribution is 5.86. The van der Waals surface area contributed by atoms with Crippen molar-refractivity contribution in [3.63, 3.8) is 0 Å². The van der Waals surface area contributed by atoms with Crippen molar-refractivity contribution in [3.05, 3.63) is 35.7 Å². The van der Waals surface area contributed by atoms with E-state index in [1.54, 1.807) is 25.1 Å². The maximum absolute atomic E-state index is 10.9. The first-order valence-electron chi connectivity index (χ1n) is 5.55. The number of benzene rings is 1. The fourth-order valence-corrected chi connectivity index (χ4v) is 1.60. The van der Waals surface area contributed by atoms with Crippen LogP contribution in [0.25, 0.3) is 11.5 Å². The van der Waals surface area contributed by atoms with Crippen molar-refractivity contribution in [1.82, 2.24) is 4.98 Å². The van der Waals surface area contributed by atoms with Gasteiger partial charge in [-0.25, -0.2) is 9.78 Å². The molecular formula is C13H13NO4. The number of aryl methyl sites for hydroxylation is 1. The fraction of sp³-hybridized carbons (Fsp3) is 0.231. The molecule has 1 N–H and O–H groups in total. The lowest BCUT2D eigenvalue weighted by atomic mass is 10.2. The molecule has 0 spiro atoms. The summed E-state index contributed by atoms with van der Waals surface area (Å²) in [6, 6.07) is 7.18. The van der Waals surface area contributed by atoms with Gasteiger partial charge in [0, 0.05) is 5.56 Å². The molecule has 0 aliphatic rings. The number of carboxylic acids is 1. The third-order valence-corrected chi connectivity index (χ3v) is 2.38. The first-order chi connectivity index (χ1) is 8.61. The van der Waals surface area contributed by atoms with Crippen LogP contribution in [-0.4, -0.2) is 22.7 Å². The summed E-state index contributed by atoms with van der Waals surface area (Å²) in [4.78, 5) is 15.0. The smallest absolute Gasteiger partial charge is 0.373 e. The number of aromatic carboxylic acids is 1. The van der Waals surface area contributed by atoms with Crippen LogP contribution in [0.15, 0.2) is 28.7 Å². The standard InChI is InChI=1S/C13H13NO4/c1-3-17-10-6-4-5-9(7-10)12-14-8(2)11(18-12)13(15)16/h4-7H,3H2,1-2H3,(H,15,16). The zero-order valence-electron chi connectivity index (χ0n) is 10.1. The summed E-state index contributed by atoms with van der Waals surface area (Å²) in [6.07, 6.45) is 0. The highest BCUT2D eigenvalue weighted by Gasteiger charge is 2.17. The van der Waals surface area contributed by atoms with E-state index >= 15 is 0 Å². The maximum Gasteiger partial charge on any atom is 0.373 e. The van der Waals surface area contributed by atoms with Gasteiger partial charge in [0.05, 0.1) is 12.3 Å². The second-order valence-electron chi connectivity index (χ2n) is 3.70. The number of hydrogen-bond donors (Lipinski definition) is 1. The fourth-order valence-electron chi connectivity index (χ4n) is 1.60. The van der Waals surface area contributed by atoms with Gasteiger partial charge in [0.2, 0.25) is 11.7 Å². The number of oxazole rings is 1. The van der Waals surface area contributed by atoms with Crippen molar-refractivity contribution in [2.75, 3.05) is 6.61 Å². The van der Waals surface area contributed by atoms with Crippen molar-refractivity contribution in [1.29, 1.82) is 0 Å². The summed E-state index contributed by atoms with van der Waals surface area (Å²) in [5, 5.41) is 8.91. The molecule has 5 heteroatoms. The molecule has 2 aromatic rings. The Balaban J connectivity index is 2.39. The van der Waals surface area contributed by atoms with Gasteiger partial charge in [-0.15, -0.1) is 0 Å². The normalized spacial score (nSPS) is 10.3. The maximum atomic E-state index is 10.9. The number of carboxylic acid groups (broad SMARTS) is 1. The second-order valence-corrected chi connectivity index (χ2v) is 3.70. The molecule has 18 heavy (non-hydrogen) atoms. The second kappa shape index (κ2) is 4.91. The summed E-state index contributed by atoms with van der Waals surface area (Å²) in [5.74, 6) is -0.270. The van der Waals surface area contributed by atoms with Gasteiger partial charge in [-0.1, -0.05) is 6.07 Å². The van der Waals surface area contributed by atoms with E-state index in [2.05, 4.69) is 4.98 Å². The van der Waals surface area contributed by atoms with Crippen LogP contribution in [0.1, 0.15) is 23.2 Å². The lowest BCUT2D eigenvalue weighted by Gasteiger charge is -2.03. The van der Waals surface area contributed by atoms with Gasteiger partial charge in [-0.3, -0.25) is 0 Å². The summed E-state index contributed by atoms with van der Waals surface area (Å²) in [6.45, 7) is 4.06. The molecule has 0 aliphatic heterocycles. The number of carbonyl (C=O) groups is 1.